The summed E-state index contributed by atoms with van der Waals surface area (Å²) >= 11 is 15.7. The van der Waals surface area contributed by atoms with E-state index in [0.29, 0.717) is 11.4 Å². The first-order valence-electron chi connectivity index (χ1n) is 16.7. The second-order valence-electron chi connectivity index (χ2n) is 13.9. The first-order valence-corrected chi connectivity index (χ1v) is 19.0. The van der Waals surface area contributed by atoms with Crippen LogP contribution in [0.25, 0.3) is 5.00 Å². The van der Waals surface area contributed by atoms with Crippen molar-refractivity contribution in [2.75, 3.05) is 0 Å². The molecule has 0 radical (unpaired) electrons. The van der Waals surface area contributed by atoms with Crippen LogP contribution in [0.15, 0.2) is 63.6 Å². The number of nitrogens with one attached hydrogen (secondary N) is 1. The van der Waals surface area contributed by atoms with Crippen LogP contribution in [0.1, 0.15) is 94.3 Å². The molecule has 1 amide bonds. The van der Waals surface area contributed by atoms with E-state index in [2.05, 4.69) is 66.8 Å². The molecular formula is C39H41Cl2N7OS2. The van der Waals surface area contributed by atoms with E-state index in [0.717, 1.165) is 49.9 Å². The molecule has 0 unspecified atom stereocenters. The van der Waals surface area contributed by atoms with Crippen molar-refractivity contribution in [3.8, 4) is 5.00 Å². The molecule has 0 fully saturated rings. The molecule has 0 saturated carbocycles. The average Bonchev–Trinajstić information content (AvgIpc) is 3.64. The minimum absolute atomic E-state index is 0.182. The maximum absolute atomic E-state index is 11.3. The second-order valence-corrected chi connectivity index (χ2v) is 17.3. The van der Waals surface area contributed by atoms with Crippen LogP contribution in [-0.4, -0.2) is 43.3 Å². The predicted molar refractivity (Wildman–Crippen MR) is 213 cm³/mol. The quantitative estimate of drug-likeness (QED) is 0.186. The van der Waals surface area contributed by atoms with Gasteiger partial charge in [0.05, 0.1) is 22.7 Å². The Morgan fingerprint density at radius 3 is 1.84 bits per heavy atom. The van der Waals surface area contributed by atoms with E-state index in [1.165, 1.54) is 43.8 Å². The highest BCUT2D eigenvalue weighted by Gasteiger charge is 2.36. The Kier molecular flexibility index (Phi) is 10.0. The number of aromatic nitrogens is 3. The van der Waals surface area contributed by atoms with E-state index in [-0.39, 0.29) is 5.91 Å². The lowest BCUT2D eigenvalue weighted by atomic mass is 9.96. The maximum Gasteiger partial charge on any atom is 0.236 e. The Labute approximate surface area is 317 Å². The number of amides is 1. The van der Waals surface area contributed by atoms with Gasteiger partial charge in [-0.1, -0.05) is 47.5 Å². The summed E-state index contributed by atoms with van der Waals surface area (Å²) in [5.74, 6) is 1.58. The minimum atomic E-state index is -0.531. The minimum Gasteiger partial charge on any atom is -0.274 e. The third-order valence-corrected chi connectivity index (χ3v) is 12.2. The number of halogens is 2. The molecule has 7 rings (SSSR count). The van der Waals surface area contributed by atoms with Gasteiger partial charge in [-0.3, -0.25) is 19.3 Å². The van der Waals surface area contributed by atoms with E-state index in [1.54, 1.807) is 22.7 Å². The second kappa shape index (κ2) is 13.9. The molecule has 2 aliphatic rings. The van der Waals surface area contributed by atoms with Crippen molar-refractivity contribution >= 4 is 68.9 Å². The fraction of sp³-hybridized carbons (Fsp3) is 0.333. The molecule has 5 heterocycles. The van der Waals surface area contributed by atoms with E-state index in [4.69, 9.17) is 33.2 Å². The van der Waals surface area contributed by atoms with Crippen molar-refractivity contribution in [2.24, 2.45) is 15.1 Å². The summed E-state index contributed by atoms with van der Waals surface area (Å²) < 4.78 is 2.16. The van der Waals surface area contributed by atoms with Crippen LogP contribution in [0, 0.1) is 34.6 Å². The molecular weight excluding hydrogens is 718 g/mol. The number of benzene rings is 2. The summed E-state index contributed by atoms with van der Waals surface area (Å²) in [6.45, 7) is 20.3. The monoisotopic (exact) mass is 757 g/mol. The summed E-state index contributed by atoms with van der Waals surface area (Å²) in [5.41, 5.74) is 11.3. The number of nitrogens with zero attached hydrogens (tertiary/aromatic N) is 6. The number of aryl methyl sites for hydroxylation is 3. The first kappa shape index (κ1) is 36.8. The lowest BCUT2D eigenvalue weighted by Gasteiger charge is -2.21. The summed E-state index contributed by atoms with van der Waals surface area (Å²) in [5, 5.41) is 15.7. The third-order valence-electron chi connectivity index (χ3n) is 9.27. The van der Waals surface area contributed by atoms with Crippen LogP contribution < -0.4 is 5.43 Å². The zero-order valence-corrected chi connectivity index (χ0v) is 33.6. The third kappa shape index (κ3) is 7.11. The van der Waals surface area contributed by atoms with Crippen LogP contribution >= 0.6 is 45.9 Å². The van der Waals surface area contributed by atoms with Crippen molar-refractivity contribution in [1.29, 1.82) is 0 Å². The highest BCUT2D eigenvalue weighted by molar-refractivity contribution is 7.15. The summed E-state index contributed by atoms with van der Waals surface area (Å²) in [6.07, 6.45) is 0.669. The smallest absolute Gasteiger partial charge is 0.236 e. The zero-order chi connectivity index (χ0) is 37.0. The molecule has 5 aromatic rings. The number of hydrogen-bond donors (Lipinski definition) is 1. The van der Waals surface area contributed by atoms with E-state index in [1.807, 2.05) is 69.3 Å². The number of carbonyl (C=O) groups is 1. The van der Waals surface area contributed by atoms with E-state index in [9.17, 15) is 4.79 Å². The van der Waals surface area contributed by atoms with Gasteiger partial charge in [0, 0.05) is 60.3 Å². The number of carbonyl (C=O) groups excluding carboxylic acids is 1. The Morgan fingerprint density at radius 1 is 0.765 bits per heavy atom. The topological polar surface area (TPSA) is 96.9 Å². The van der Waals surface area contributed by atoms with Crippen molar-refractivity contribution < 1.29 is 4.79 Å². The highest BCUT2D eigenvalue weighted by Crippen LogP contribution is 2.41. The van der Waals surface area contributed by atoms with Crippen molar-refractivity contribution in [1.82, 2.24) is 20.2 Å². The van der Waals surface area contributed by atoms with Crippen molar-refractivity contribution in [2.45, 2.75) is 86.7 Å². The summed E-state index contributed by atoms with van der Waals surface area (Å²) in [4.78, 5) is 25.3. The zero-order valence-electron chi connectivity index (χ0n) is 30.5. The number of aliphatic imine (C=N–C) groups is 2. The molecule has 1 N–H and O–H groups in total. The number of hydrogen-bond acceptors (Lipinski definition) is 8. The molecule has 8 nitrogen and oxygen atoms in total. The molecule has 0 saturated heterocycles. The molecule has 0 spiro atoms. The van der Waals surface area contributed by atoms with Gasteiger partial charge < -0.3 is 0 Å². The lowest BCUT2D eigenvalue weighted by Crippen LogP contribution is -2.33. The van der Waals surface area contributed by atoms with Crippen LogP contribution in [-0.2, 0) is 16.8 Å². The molecule has 2 aromatic carbocycles. The molecule has 0 atom stereocenters. The van der Waals surface area contributed by atoms with Gasteiger partial charge in [-0.05, 0) is 97.7 Å². The lowest BCUT2D eigenvalue weighted by molar-refractivity contribution is -0.118. The molecule has 0 aliphatic carbocycles. The van der Waals surface area contributed by atoms with Gasteiger partial charge in [0.25, 0.3) is 0 Å². The van der Waals surface area contributed by atoms with Crippen LogP contribution in [0.3, 0.4) is 0 Å². The highest BCUT2D eigenvalue weighted by atomic mass is 35.5. The van der Waals surface area contributed by atoms with E-state index < -0.39 is 11.1 Å². The Hall–Kier alpha value is -3.96. The Bertz CT molecular complexity index is 2250. The number of fused-ring (bicyclic) bond motifs is 4. The maximum atomic E-state index is 11.3. The van der Waals surface area contributed by atoms with Crippen molar-refractivity contribution in [3.63, 3.8) is 0 Å². The fourth-order valence-electron chi connectivity index (χ4n) is 6.29. The van der Waals surface area contributed by atoms with Crippen LogP contribution in [0.5, 0.6) is 0 Å². The number of thiophene rings is 2. The largest absolute Gasteiger partial charge is 0.274 e. The molecule has 51 heavy (non-hydrogen) atoms. The standard InChI is InChI=1S/C20H22ClN3OS.C19H19ClN4S/c1-11-12(2)26-16-10-17(24-23-13(3)25)20(4,5)22-19(18(11)16)14-6-8-15(21)9-7-14;1-10-11(2)25-17-15(10)16(13-6-8-14(20)9-7-13)21-19(4,5)18-23-22-12(3)24(17)18/h6-9H,10H2,1-5H3,(H,23,25);6-9H,1-5H3/b24-17+;. The van der Waals surface area contributed by atoms with Crippen molar-refractivity contribution in [3.05, 3.63) is 118 Å². The van der Waals surface area contributed by atoms with Crippen LogP contribution in [0.4, 0.5) is 0 Å². The van der Waals surface area contributed by atoms with Crippen LogP contribution in [0.2, 0.25) is 10.0 Å². The van der Waals surface area contributed by atoms with Gasteiger partial charge >= 0.3 is 0 Å². The van der Waals surface area contributed by atoms with Gasteiger partial charge in [-0.2, -0.15) is 5.10 Å². The van der Waals surface area contributed by atoms with Gasteiger partial charge in [0.1, 0.15) is 16.4 Å². The van der Waals surface area contributed by atoms with Gasteiger partial charge in [0.2, 0.25) is 5.91 Å². The molecule has 264 valence electrons. The Morgan fingerprint density at radius 2 is 1.27 bits per heavy atom. The van der Waals surface area contributed by atoms with Gasteiger partial charge in [-0.25, -0.2) is 5.43 Å². The normalized spacial score (nSPS) is 16.4. The average molecular weight is 759 g/mol. The SMILES string of the molecule is CC(=O)N/N=C1\Cc2sc(C)c(C)c2C(c2ccc(Cl)cc2)=NC1(C)C.Cc1sc2c(c1C)C(c1ccc(Cl)cc1)=NC(C)(C)c1nnc(C)n1-2. The number of hydrazone groups is 1. The van der Waals surface area contributed by atoms with E-state index >= 15 is 0 Å². The van der Waals surface area contributed by atoms with Gasteiger partial charge in [0.15, 0.2) is 5.82 Å². The fourth-order valence-corrected chi connectivity index (χ4v) is 8.93. The summed E-state index contributed by atoms with van der Waals surface area (Å²) in [7, 11) is 0. The molecule has 12 heteroatoms. The molecule has 3 aromatic heterocycles. The predicted octanol–water partition coefficient (Wildman–Crippen LogP) is 9.68. The summed E-state index contributed by atoms with van der Waals surface area (Å²) in [6, 6.07) is 15.7. The molecule has 0 bridgehead atoms. The molecule has 2 aliphatic heterocycles. The van der Waals surface area contributed by atoms with Gasteiger partial charge in [-0.15, -0.1) is 32.9 Å². The number of rotatable bonds is 3. The first-order chi connectivity index (χ1) is 24.0. The Balaban J connectivity index is 0.000000176.